The SMILES string of the molecule is Cc1cccc(NC(=O)CN(C)C(=O)c2cc(-c3ccccc3)nc3c2cnn3Cc2ccco2)c1C. The zero-order chi connectivity index (χ0) is 25.9. The summed E-state index contributed by atoms with van der Waals surface area (Å²) >= 11 is 0. The second-order valence-electron chi connectivity index (χ2n) is 9.00. The highest BCUT2D eigenvalue weighted by atomic mass is 16.3. The fraction of sp³-hybridized carbons (Fsp3) is 0.172. The first kappa shape index (κ1) is 24.0. The third-order valence-electron chi connectivity index (χ3n) is 6.40. The fourth-order valence-electron chi connectivity index (χ4n) is 4.22. The smallest absolute Gasteiger partial charge is 0.254 e. The third kappa shape index (κ3) is 4.99. The van der Waals surface area contributed by atoms with E-state index in [4.69, 9.17) is 9.40 Å². The number of pyridine rings is 1. The van der Waals surface area contributed by atoms with Gasteiger partial charge in [-0.3, -0.25) is 9.59 Å². The quantitative estimate of drug-likeness (QED) is 0.342. The summed E-state index contributed by atoms with van der Waals surface area (Å²) in [5, 5.41) is 8.01. The molecule has 0 bridgehead atoms. The van der Waals surface area contributed by atoms with E-state index in [1.807, 2.05) is 74.5 Å². The van der Waals surface area contributed by atoms with Gasteiger partial charge in [0.15, 0.2) is 5.65 Å². The maximum atomic E-state index is 13.6. The zero-order valence-electron chi connectivity index (χ0n) is 20.9. The Kier molecular flexibility index (Phi) is 6.55. The van der Waals surface area contributed by atoms with E-state index in [-0.39, 0.29) is 18.4 Å². The van der Waals surface area contributed by atoms with Crippen molar-refractivity contribution in [2.75, 3.05) is 18.9 Å². The Morgan fingerprint density at radius 2 is 1.84 bits per heavy atom. The van der Waals surface area contributed by atoms with Gasteiger partial charge in [0.2, 0.25) is 5.91 Å². The van der Waals surface area contributed by atoms with Crippen molar-refractivity contribution in [2.45, 2.75) is 20.4 Å². The Morgan fingerprint density at radius 3 is 2.59 bits per heavy atom. The number of nitrogens with zero attached hydrogens (tertiary/aromatic N) is 4. The Bertz CT molecular complexity index is 1570. The van der Waals surface area contributed by atoms with Crippen LogP contribution in [0.1, 0.15) is 27.2 Å². The highest BCUT2D eigenvalue weighted by Crippen LogP contribution is 2.26. The predicted octanol–water partition coefficient (Wildman–Crippen LogP) is 5.07. The van der Waals surface area contributed by atoms with Gasteiger partial charge in [-0.1, -0.05) is 42.5 Å². The van der Waals surface area contributed by atoms with E-state index in [1.54, 1.807) is 30.3 Å². The molecule has 0 saturated heterocycles. The average molecular weight is 494 g/mol. The van der Waals surface area contributed by atoms with Crippen molar-refractivity contribution in [3.8, 4) is 11.3 Å². The molecule has 0 saturated carbocycles. The topological polar surface area (TPSA) is 93.3 Å². The third-order valence-corrected chi connectivity index (χ3v) is 6.40. The van der Waals surface area contributed by atoms with Crippen LogP contribution in [0.15, 0.2) is 83.6 Å². The zero-order valence-corrected chi connectivity index (χ0v) is 20.9. The summed E-state index contributed by atoms with van der Waals surface area (Å²) in [6.45, 7) is 4.23. The lowest BCUT2D eigenvalue weighted by Crippen LogP contribution is -2.35. The maximum absolute atomic E-state index is 13.6. The number of likely N-dealkylation sites (N-methyl/N-ethyl adjacent to an activating group) is 1. The van der Waals surface area contributed by atoms with Gasteiger partial charge in [0.1, 0.15) is 12.3 Å². The van der Waals surface area contributed by atoms with Crippen molar-refractivity contribution in [2.24, 2.45) is 0 Å². The second kappa shape index (κ2) is 10.1. The van der Waals surface area contributed by atoms with Crippen LogP contribution in [0.4, 0.5) is 5.69 Å². The first-order valence-electron chi connectivity index (χ1n) is 12.0. The van der Waals surface area contributed by atoms with E-state index < -0.39 is 0 Å². The predicted molar refractivity (Wildman–Crippen MR) is 142 cm³/mol. The Hall–Kier alpha value is -4.72. The molecule has 5 rings (SSSR count). The number of amides is 2. The van der Waals surface area contributed by atoms with E-state index in [9.17, 15) is 9.59 Å². The molecule has 0 fully saturated rings. The molecule has 5 aromatic rings. The number of furan rings is 1. The Balaban J connectivity index is 1.46. The minimum absolute atomic E-state index is 0.1000. The maximum Gasteiger partial charge on any atom is 0.254 e. The molecule has 0 aliphatic rings. The van der Waals surface area contributed by atoms with Gasteiger partial charge in [0.05, 0.1) is 35.6 Å². The number of nitrogens with one attached hydrogen (secondary N) is 1. The van der Waals surface area contributed by atoms with E-state index in [2.05, 4.69) is 10.4 Å². The Morgan fingerprint density at radius 1 is 1.03 bits per heavy atom. The molecule has 3 aromatic heterocycles. The van der Waals surface area contributed by atoms with Gasteiger partial charge in [-0.2, -0.15) is 5.10 Å². The molecule has 3 heterocycles. The largest absolute Gasteiger partial charge is 0.467 e. The van der Waals surface area contributed by atoms with Gasteiger partial charge in [-0.15, -0.1) is 0 Å². The molecule has 0 spiro atoms. The minimum atomic E-state index is -0.293. The summed E-state index contributed by atoms with van der Waals surface area (Å²) in [5.41, 5.74) is 5.33. The lowest BCUT2D eigenvalue weighted by atomic mass is 10.1. The van der Waals surface area contributed by atoms with Crippen LogP contribution >= 0.6 is 0 Å². The number of hydrogen-bond donors (Lipinski definition) is 1. The first-order chi connectivity index (χ1) is 17.9. The molecule has 2 amide bonds. The first-order valence-corrected chi connectivity index (χ1v) is 12.0. The lowest BCUT2D eigenvalue weighted by molar-refractivity contribution is -0.116. The van der Waals surface area contributed by atoms with E-state index >= 15 is 0 Å². The number of aryl methyl sites for hydroxylation is 1. The van der Waals surface area contributed by atoms with E-state index in [0.717, 1.165) is 28.1 Å². The van der Waals surface area contributed by atoms with Crippen LogP contribution in [0.25, 0.3) is 22.3 Å². The summed E-state index contributed by atoms with van der Waals surface area (Å²) in [6.07, 6.45) is 3.24. The van der Waals surface area contributed by atoms with Crippen molar-refractivity contribution in [1.29, 1.82) is 0 Å². The molecular weight excluding hydrogens is 466 g/mol. The van der Waals surface area contributed by atoms with Gasteiger partial charge >= 0.3 is 0 Å². The molecule has 0 unspecified atom stereocenters. The number of fused-ring (bicyclic) bond motifs is 1. The van der Waals surface area contributed by atoms with Gasteiger partial charge in [0, 0.05) is 18.3 Å². The van der Waals surface area contributed by atoms with Crippen molar-refractivity contribution in [1.82, 2.24) is 19.7 Å². The molecule has 8 heteroatoms. The molecule has 2 aromatic carbocycles. The van der Waals surface area contributed by atoms with Gasteiger partial charge in [0.25, 0.3) is 5.91 Å². The van der Waals surface area contributed by atoms with Crippen LogP contribution in [0.2, 0.25) is 0 Å². The Labute approximate surface area is 214 Å². The fourth-order valence-corrected chi connectivity index (χ4v) is 4.22. The molecule has 0 aliphatic heterocycles. The minimum Gasteiger partial charge on any atom is -0.467 e. The van der Waals surface area contributed by atoms with Crippen molar-refractivity contribution < 1.29 is 14.0 Å². The second-order valence-corrected chi connectivity index (χ2v) is 9.00. The number of anilines is 1. The molecular formula is C29H27N5O3. The van der Waals surface area contributed by atoms with Crippen molar-refractivity contribution in [3.05, 3.63) is 102 Å². The molecule has 0 radical (unpaired) electrons. The average Bonchev–Trinajstić information content (AvgIpc) is 3.57. The highest BCUT2D eigenvalue weighted by Gasteiger charge is 2.22. The summed E-state index contributed by atoms with van der Waals surface area (Å²) in [5.74, 6) is 0.162. The number of benzene rings is 2. The van der Waals surface area contributed by atoms with Crippen molar-refractivity contribution >= 4 is 28.5 Å². The summed E-state index contributed by atoms with van der Waals surface area (Å²) in [6, 6.07) is 20.8. The summed E-state index contributed by atoms with van der Waals surface area (Å²) < 4.78 is 7.20. The number of carbonyl (C=O) groups excluding carboxylic acids is 2. The van der Waals surface area contributed by atoms with Crippen LogP contribution in [-0.4, -0.2) is 45.1 Å². The summed E-state index contributed by atoms with van der Waals surface area (Å²) in [7, 11) is 1.62. The lowest BCUT2D eigenvalue weighted by Gasteiger charge is -2.19. The number of rotatable bonds is 7. The molecule has 0 aliphatic carbocycles. The molecule has 0 atom stereocenters. The normalized spacial score (nSPS) is 11.0. The van der Waals surface area contributed by atoms with E-state index in [1.165, 1.54) is 4.90 Å². The number of hydrogen-bond acceptors (Lipinski definition) is 5. The van der Waals surface area contributed by atoms with Crippen LogP contribution in [0.5, 0.6) is 0 Å². The molecule has 1 N–H and O–H groups in total. The van der Waals surface area contributed by atoms with E-state index in [0.29, 0.717) is 28.8 Å². The number of carbonyl (C=O) groups is 2. The molecule has 186 valence electrons. The summed E-state index contributed by atoms with van der Waals surface area (Å²) in [4.78, 5) is 32.7. The molecule has 37 heavy (non-hydrogen) atoms. The van der Waals surface area contributed by atoms with Crippen LogP contribution < -0.4 is 5.32 Å². The number of aromatic nitrogens is 3. The monoisotopic (exact) mass is 493 g/mol. The van der Waals surface area contributed by atoms with Crippen LogP contribution in [-0.2, 0) is 11.3 Å². The van der Waals surface area contributed by atoms with Crippen molar-refractivity contribution in [3.63, 3.8) is 0 Å². The van der Waals surface area contributed by atoms with Gasteiger partial charge in [-0.05, 0) is 49.2 Å². The van der Waals surface area contributed by atoms with Crippen LogP contribution in [0.3, 0.4) is 0 Å². The van der Waals surface area contributed by atoms with Gasteiger partial charge in [-0.25, -0.2) is 9.67 Å². The molecule has 8 nitrogen and oxygen atoms in total. The highest BCUT2D eigenvalue weighted by molar-refractivity contribution is 6.08. The standard InChI is InChI=1S/C29H27N5O3/c1-19-9-7-13-25(20(19)2)31-27(35)18-33(3)29(36)23-15-26(21-10-5-4-6-11-21)32-28-24(23)16-30-34(28)17-22-12-8-14-37-22/h4-16H,17-18H2,1-3H3,(H,31,35). The van der Waals surface area contributed by atoms with Crippen LogP contribution in [0, 0.1) is 13.8 Å². The van der Waals surface area contributed by atoms with Gasteiger partial charge < -0.3 is 14.6 Å².